The van der Waals surface area contributed by atoms with Gasteiger partial charge in [0.25, 0.3) is 0 Å². The van der Waals surface area contributed by atoms with E-state index in [9.17, 15) is 9.90 Å². The third-order valence-corrected chi connectivity index (χ3v) is 5.83. The van der Waals surface area contributed by atoms with E-state index >= 15 is 0 Å². The predicted octanol–water partition coefficient (Wildman–Crippen LogP) is 6.68. The molecule has 7 heteroatoms. The Labute approximate surface area is 202 Å². The number of methoxy groups -OCH3 is 1. The Bertz CT molecular complexity index is 1260. The molecule has 1 aliphatic rings. The normalized spacial score (nSPS) is 15.6. The fourth-order valence-electron chi connectivity index (χ4n) is 3.21. The Kier molecular flexibility index (Phi) is 7.34. The van der Waals surface area contributed by atoms with Crippen LogP contribution in [0.3, 0.4) is 0 Å². The number of para-hydroxylation sites is 1. The average molecular weight is 474 g/mol. The summed E-state index contributed by atoms with van der Waals surface area (Å²) in [4.78, 5) is 17.7. The van der Waals surface area contributed by atoms with Gasteiger partial charge in [-0.1, -0.05) is 42.1 Å². The van der Waals surface area contributed by atoms with Crippen LogP contribution in [0.25, 0.3) is 6.08 Å². The van der Waals surface area contributed by atoms with E-state index in [1.54, 1.807) is 44.4 Å². The number of hydrogen-bond donors (Lipinski definition) is 1. The van der Waals surface area contributed by atoms with Gasteiger partial charge in [0.1, 0.15) is 33.6 Å². The second-order valence-corrected chi connectivity index (χ2v) is 8.19. The Morgan fingerprint density at radius 2 is 1.71 bits per heavy atom. The van der Waals surface area contributed by atoms with Gasteiger partial charge in [0, 0.05) is 0 Å². The summed E-state index contributed by atoms with van der Waals surface area (Å²) in [6.07, 6.45) is 1.79. The Balaban J connectivity index is 1.66. The van der Waals surface area contributed by atoms with Gasteiger partial charge in [0.15, 0.2) is 0 Å². The van der Waals surface area contributed by atoms with E-state index in [4.69, 9.17) is 14.2 Å². The van der Waals surface area contributed by atoms with Crippen LogP contribution in [0, 0.1) is 0 Å². The lowest BCUT2D eigenvalue weighted by Gasteiger charge is -2.06. The fourth-order valence-corrected chi connectivity index (χ4v) is 4.24. The highest BCUT2D eigenvalue weighted by Gasteiger charge is 2.33. The number of carbonyl (C=O) groups excluding carboxylic acids is 1. The van der Waals surface area contributed by atoms with Crippen molar-refractivity contribution in [2.75, 3.05) is 13.7 Å². The number of aliphatic imine (C=N–C) groups is 1. The van der Waals surface area contributed by atoms with Gasteiger partial charge in [-0.25, -0.2) is 9.79 Å². The highest BCUT2D eigenvalue weighted by molar-refractivity contribution is 8.18. The van der Waals surface area contributed by atoms with Gasteiger partial charge >= 0.3 is 5.97 Å². The van der Waals surface area contributed by atoms with Crippen LogP contribution in [-0.4, -0.2) is 29.8 Å². The van der Waals surface area contributed by atoms with Crippen molar-refractivity contribution >= 4 is 34.5 Å². The summed E-state index contributed by atoms with van der Waals surface area (Å²) in [5, 5.41) is 11.3. The lowest BCUT2D eigenvalue weighted by molar-refractivity contribution is -0.138. The molecule has 1 N–H and O–H groups in total. The molecule has 0 radical (unpaired) electrons. The number of ether oxygens (including phenoxy) is 3. The molecular weight excluding hydrogens is 450 g/mol. The molecule has 1 heterocycles. The topological polar surface area (TPSA) is 77.4 Å². The van der Waals surface area contributed by atoms with Gasteiger partial charge < -0.3 is 19.3 Å². The number of esters is 1. The van der Waals surface area contributed by atoms with Crippen LogP contribution in [0.2, 0.25) is 0 Å². The number of hydrogen-bond acceptors (Lipinski definition) is 7. The number of thioether (sulfide) groups is 1. The average Bonchev–Trinajstić information content (AvgIpc) is 3.15. The second-order valence-electron chi connectivity index (χ2n) is 7.16. The fraction of sp³-hybridized carbons (Fsp3) is 0.111. The lowest BCUT2D eigenvalue weighted by atomic mass is 10.1. The van der Waals surface area contributed by atoms with E-state index in [2.05, 4.69) is 4.99 Å². The number of rotatable bonds is 7. The molecule has 0 saturated heterocycles. The zero-order valence-corrected chi connectivity index (χ0v) is 19.5. The maximum absolute atomic E-state index is 12.6. The molecule has 3 aromatic carbocycles. The first-order valence-electron chi connectivity index (χ1n) is 10.6. The minimum Gasteiger partial charge on any atom is -0.506 e. The van der Waals surface area contributed by atoms with E-state index in [1.807, 2.05) is 54.6 Å². The first-order valence-corrected chi connectivity index (χ1v) is 11.5. The molecule has 172 valence electrons. The standard InChI is InChI=1S/C27H23NO5S/c1-3-32-27(30)24-25(29)23(34-26(24)28-19-12-14-20(31-2)15-13-19)17-18-8-7-11-22(16-18)33-21-9-5-4-6-10-21/h4-17,29H,3H2,1-2H3/b23-17-,28-26?. The quantitative estimate of drug-likeness (QED) is 0.386. The highest BCUT2D eigenvalue weighted by atomic mass is 32.2. The number of carbonyl (C=O) groups is 1. The summed E-state index contributed by atoms with van der Waals surface area (Å²) in [6, 6.07) is 24.1. The van der Waals surface area contributed by atoms with Crippen molar-refractivity contribution in [2.45, 2.75) is 6.92 Å². The van der Waals surface area contributed by atoms with Crippen LogP contribution in [0.4, 0.5) is 5.69 Å². The predicted molar refractivity (Wildman–Crippen MR) is 135 cm³/mol. The van der Waals surface area contributed by atoms with Crippen molar-refractivity contribution in [1.29, 1.82) is 0 Å². The van der Waals surface area contributed by atoms with Gasteiger partial charge in [0.05, 0.1) is 24.3 Å². The van der Waals surface area contributed by atoms with Crippen LogP contribution < -0.4 is 9.47 Å². The molecule has 4 rings (SSSR count). The largest absolute Gasteiger partial charge is 0.506 e. The molecule has 6 nitrogen and oxygen atoms in total. The first-order chi connectivity index (χ1) is 16.6. The second kappa shape index (κ2) is 10.8. The van der Waals surface area contributed by atoms with Crippen molar-refractivity contribution in [3.63, 3.8) is 0 Å². The van der Waals surface area contributed by atoms with Crippen LogP contribution in [0.1, 0.15) is 12.5 Å². The molecular formula is C27H23NO5S. The maximum atomic E-state index is 12.6. The first kappa shape index (κ1) is 23.2. The number of benzene rings is 3. The summed E-state index contributed by atoms with van der Waals surface area (Å²) >= 11 is 1.20. The van der Waals surface area contributed by atoms with E-state index in [-0.39, 0.29) is 17.9 Å². The molecule has 0 unspecified atom stereocenters. The number of aliphatic hydroxyl groups excluding tert-OH is 1. The third-order valence-electron chi connectivity index (χ3n) is 4.81. The third kappa shape index (κ3) is 5.50. The van der Waals surface area contributed by atoms with Crippen LogP contribution in [0.15, 0.2) is 100 Å². The molecule has 0 saturated carbocycles. The molecule has 0 amide bonds. The molecule has 0 bridgehead atoms. The Morgan fingerprint density at radius 3 is 2.41 bits per heavy atom. The van der Waals surface area contributed by atoms with Gasteiger partial charge in [-0.2, -0.15) is 0 Å². The monoisotopic (exact) mass is 473 g/mol. The van der Waals surface area contributed by atoms with Crippen molar-refractivity contribution < 1.29 is 24.1 Å². The van der Waals surface area contributed by atoms with Crippen molar-refractivity contribution in [1.82, 2.24) is 0 Å². The van der Waals surface area contributed by atoms with Gasteiger partial charge in [-0.3, -0.25) is 0 Å². The molecule has 0 atom stereocenters. The minimum absolute atomic E-state index is 0.0469. The van der Waals surface area contributed by atoms with Crippen molar-refractivity contribution in [3.8, 4) is 17.2 Å². The van der Waals surface area contributed by atoms with E-state index < -0.39 is 5.97 Å². The van der Waals surface area contributed by atoms with Gasteiger partial charge in [-0.15, -0.1) is 0 Å². The van der Waals surface area contributed by atoms with Crippen LogP contribution >= 0.6 is 11.8 Å². The molecule has 0 aliphatic carbocycles. The molecule has 3 aromatic rings. The van der Waals surface area contributed by atoms with Crippen LogP contribution in [0.5, 0.6) is 17.2 Å². The molecule has 34 heavy (non-hydrogen) atoms. The smallest absolute Gasteiger partial charge is 0.344 e. The zero-order valence-electron chi connectivity index (χ0n) is 18.7. The Hall–Kier alpha value is -3.97. The lowest BCUT2D eigenvalue weighted by Crippen LogP contribution is -2.12. The molecule has 1 aliphatic heterocycles. The SMILES string of the molecule is CCOC(=O)C1=C(O)/C(=C/c2cccc(Oc3ccccc3)c2)SC1=Nc1ccc(OC)cc1. The van der Waals surface area contributed by atoms with Gasteiger partial charge in [-0.05, 0) is 67.1 Å². The molecule has 0 spiro atoms. The number of nitrogens with zero attached hydrogens (tertiary/aromatic N) is 1. The maximum Gasteiger partial charge on any atom is 0.344 e. The summed E-state index contributed by atoms with van der Waals surface area (Å²) < 4.78 is 16.3. The van der Waals surface area contributed by atoms with E-state index in [1.165, 1.54) is 11.8 Å². The van der Waals surface area contributed by atoms with Crippen molar-refractivity contribution in [3.05, 3.63) is 101 Å². The molecule has 0 fully saturated rings. The van der Waals surface area contributed by atoms with Crippen LogP contribution in [-0.2, 0) is 9.53 Å². The summed E-state index contributed by atoms with van der Waals surface area (Å²) in [7, 11) is 1.59. The van der Waals surface area contributed by atoms with E-state index in [0.717, 1.165) is 11.3 Å². The summed E-state index contributed by atoms with van der Waals surface area (Å²) in [5.74, 6) is 1.30. The summed E-state index contributed by atoms with van der Waals surface area (Å²) in [6.45, 7) is 1.90. The van der Waals surface area contributed by atoms with E-state index in [0.29, 0.717) is 27.1 Å². The highest BCUT2D eigenvalue weighted by Crippen LogP contribution is 2.40. The zero-order chi connectivity index (χ0) is 23.9. The minimum atomic E-state index is -0.621. The van der Waals surface area contributed by atoms with Gasteiger partial charge in [0.2, 0.25) is 0 Å². The Morgan fingerprint density at radius 1 is 0.971 bits per heavy atom. The molecule has 0 aromatic heterocycles. The van der Waals surface area contributed by atoms with Crippen molar-refractivity contribution in [2.24, 2.45) is 4.99 Å². The summed E-state index contributed by atoms with van der Waals surface area (Å²) in [5.41, 5.74) is 1.47. The number of aliphatic hydroxyl groups is 1.